The minimum atomic E-state index is -0.350. The van der Waals surface area contributed by atoms with E-state index in [1.165, 1.54) is 7.05 Å². The number of methoxy groups -OCH3 is 1. The predicted molar refractivity (Wildman–Crippen MR) is 149 cm³/mol. The fraction of sp³-hybridized carbons (Fsp3) is 0.379. The Balaban J connectivity index is 1.42. The molecule has 2 aromatic carbocycles. The van der Waals surface area contributed by atoms with Gasteiger partial charge in [0.1, 0.15) is 11.5 Å². The first-order valence-corrected chi connectivity index (χ1v) is 13.0. The van der Waals surface area contributed by atoms with Gasteiger partial charge in [-0.25, -0.2) is 4.79 Å². The minimum absolute atomic E-state index is 0.209. The van der Waals surface area contributed by atoms with Crippen molar-refractivity contribution in [3.8, 4) is 11.5 Å². The molecule has 3 aromatic rings. The number of benzene rings is 2. The Morgan fingerprint density at radius 3 is 2.63 bits per heavy atom. The molecule has 9 nitrogen and oxygen atoms in total. The number of amides is 2. The molecule has 38 heavy (non-hydrogen) atoms. The summed E-state index contributed by atoms with van der Waals surface area (Å²) in [6, 6.07) is 10.8. The van der Waals surface area contributed by atoms with Gasteiger partial charge in [-0.05, 0) is 69.4 Å². The van der Waals surface area contributed by atoms with Crippen molar-refractivity contribution in [1.82, 2.24) is 19.7 Å². The maximum Gasteiger partial charge on any atom is 0.318 e. The average molecular weight is 518 g/mol. The Labute approximate surface area is 223 Å². The largest absolute Gasteiger partial charge is 0.497 e. The molecule has 1 fully saturated rings. The summed E-state index contributed by atoms with van der Waals surface area (Å²) in [5.74, 6) is 1.30. The second kappa shape index (κ2) is 10.9. The lowest BCUT2D eigenvalue weighted by molar-refractivity contribution is 0.101. The highest BCUT2D eigenvalue weighted by Crippen LogP contribution is 2.37. The Morgan fingerprint density at radius 2 is 1.89 bits per heavy atom. The van der Waals surface area contributed by atoms with Gasteiger partial charge in [-0.3, -0.25) is 4.79 Å². The van der Waals surface area contributed by atoms with Crippen molar-refractivity contribution in [2.24, 2.45) is 0 Å². The molecule has 0 atom stereocenters. The van der Waals surface area contributed by atoms with Crippen LogP contribution in [-0.4, -0.2) is 80.1 Å². The maximum absolute atomic E-state index is 13.3. The van der Waals surface area contributed by atoms with Gasteiger partial charge in [0.25, 0.3) is 0 Å². The molecule has 2 amide bonds. The topological polar surface area (TPSA) is 88.1 Å². The lowest BCUT2D eigenvalue weighted by Crippen LogP contribution is -2.44. The van der Waals surface area contributed by atoms with Gasteiger partial charge in [-0.2, -0.15) is 0 Å². The Bertz CT molecular complexity index is 1400. The van der Waals surface area contributed by atoms with Crippen molar-refractivity contribution < 1.29 is 19.1 Å². The Hall–Kier alpha value is -3.82. The third-order valence-corrected chi connectivity index (χ3v) is 7.46. The van der Waals surface area contributed by atoms with Crippen LogP contribution in [0.5, 0.6) is 11.5 Å². The number of carbonyl (C=O) groups is 2. The van der Waals surface area contributed by atoms with Gasteiger partial charge < -0.3 is 34.5 Å². The molecule has 0 radical (unpaired) electrons. The molecular formula is C29H35N5O4. The molecule has 5 rings (SSSR count). The fourth-order valence-corrected chi connectivity index (χ4v) is 5.20. The number of nitrogens with one attached hydrogen (secondary N) is 2. The zero-order valence-corrected chi connectivity index (χ0v) is 22.5. The molecule has 0 bridgehead atoms. The van der Waals surface area contributed by atoms with Gasteiger partial charge in [-0.1, -0.05) is 0 Å². The number of nitrogens with zero attached hydrogens (tertiary/aromatic N) is 3. The number of hydrogen-bond acceptors (Lipinski definition) is 6. The maximum atomic E-state index is 13.3. The highest BCUT2D eigenvalue weighted by Gasteiger charge is 2.29. The molecule has 2 aliphatic rings. The molecule has 200 valence electrons. The number of likely N-dealkylation sites (N-methyl/N-ethyl adjacent to an activating group) is 1. The number of fused-ring (bicyclic) bond motifs is 2. The van der Waals surface area contributed by atoms with E-state index >= 15 is 0 Å². The number of Topliss-reactive ketones (excluding diaryl/α,β-unsaturated/α-hetero) is 1. The second-order valence-corrected chi connectivity index (χ2v) is 9.89. The third kappa shape index (κ3) is 5.12. The monoisotopic (exact) mass is 517 g/mol. The SMILES string of the molecule is CNC(=O)Nc1ccc2c(c1)C(=O)/C(=C/c1c(C)n(CCCN3CCN(C)CC3)c3ccc(OC)cc13)O2. The lowest BCUT2D eigenvalue weighted by Gasteiger charge is -2.32. The van der Waals surface area contributed by atoms with Gasteiger partial charge in [-0.15, -0.1) is 0 Å². The van der Waals surface area contributed by atoms with E-state index in [0.29, 0.717) is 17.0 Å². The van der Waals surface area contributed by atoms with Crippen molar-refractivity contribution in [3.63, 3.8) is 0 Å². The number of urea groups is 1. The number of carbonyl (C=O) groups excluding carboxylic acids is 2. The number of allylic oxidation sites excluding steroid dienone is 1. The summed E-state index contributed by atoms with van der Waals surface area (Å²) < 4.78 is 13.8. The highest BCUT2D eigenvalue weighted by atomic mass is 16.5. The van der Waals surface area contributed by atoms with Crippen LogP contribution in [0.2, 0.25) is 0 Å². The fourth-order valence-electron chi connectivity index (χ4n) is 5.20. The van der Waals surface area contributed by atoms with Gasteiger partial charge in [0, 0.05) is 67.6 Å². The number of piperazine rings is 1. The van der Waals surface area contributed by atoms with Crippen LogP contribution in [0, 0.1) is 6.92 Å². The van der Waals surface area contributed by atoms with Gasteiger partial charge in [0.15, 0.2) is 5.76 Å². The van der Waals surface area contributed by atoms with Crippen LogP contribution in [0.4, 0.5) is 10.5 Å². The summed E-state index contributed by atoms with van der Waals surface area (Å²) in [6.07, 6.45) is 2.88. The molecule has 0 aliphatic carbocycles. The van der Waals surface area contributed by atoms with Crippen LogP contribution >= 0.6 is 0 Å². The molecule has 2 aliphatic heterocycles. The van der Waals surface area contributed by atoms with Crippen molar-refractivity contribution >= 4 is 34.5 Å². The summed E-state index contributed by atoms with van der Waals surface area (Å²) in [6.45, 7) is 8.47. The van der Waals surface area contributed by atoms with Gasteiger partial charge in [0.2, 0.25) is 5.78 Å². The molecule has 3 heterocycles. The zero-order valence-electron chi connectivity index (χ0n) is 22.5. The summed E-state index contributed by atoms with van der Waals surface area (Å²) in [7, 11) is 5.37. The number of hydrogen-bond donors (Lipinski definition) is 2. The van der Waals surface area contributed by atoms with Crippen LogP contribution in [0.3, 0.4) is 0 Å². The van der Waals surface area contributed by atoms with Crippen molar-refractivity contribution in [2.45, 2.75) is 19.9 Å². The van der Waals surface area contributed by atoms with Crippen molar-refractivity contribution in [1.29, 1.82) is 0 Å². The summed E-state index contributed by atoms with van der Waals surface area (Å²) in [4.78, 5) is 29.9. The van der Waals surface area contributed by atoms with Crippen LogP contribution in [-0.2, 0) is 6.54 Å². The molecule has 9 heteroatoms. The zero-order chi connectivity index (χ0) is 26.8. The van der Waals surface area contributed by atoms with E-state index < -0.39 is 0 Å². The third-order valence-electron chi connectivity index (χ3n) is 7.46. The van der Waals surface area contributed by atoms with Crippen LogP contribution in [0.15, 0.2) is 42.2 Å². The van der Waals surface area contributed by atoms with E-state index in [9.17, 15) is 9.59 Å². The van der Waals surface area contributed by atoms with E-state index in [-0.39, 0.29) is 17.6 Å². The molecule has 0 unspecified atom stereocenters. The van der Waals surface area contributed by atoms with Gasteiger partial charge >= 0.3 is 6.03 Å². The lowest BCUT2D eigenvalue weighted by atomic mass is 10.1. The van der Waals surface area contributed by atoms with Crippen LogP contribution < -0.4 is 20.1 Å². The number of anilines is 1. The Morgan fingerprint density at radius 1 is 1.11 bits per heavy atom. The summed E-state index contributed by atoms with van der Waals surface area (Å²) in [5, 5.41) is 6.23. The van der Waals surface area contributed by atoms with Crippen molar-refractivity contribution in [2.75, 3.05) is 59.2 Å². The van der Waals surface area contributed by atoms with E-state index in [1.807, 2.05) is 18.2 Å². The number of ether oxygens (including phenoxy) is 2. The first-order valence-electron chi connectivity index (χ1n) is 13.0. The number of rotatable bonds is 7. The molecule has 1 saturated heterocycles. The Kier molecular flexibility index (Phi) is 7.40. The molecule has 0 saturated carbocycles. The highest BCUT2D eigenvalue weighted by molar-refractivity contribution is 6.16. The predicted octanol–water partition coefficient (Wildman–Crippen LogP) is 3.96. The first-order chi connectivity index (χ1) is 18.4. The number of aromatic nitrogens is 1. The summed E-state index contributed by atoms with van der Waals surface area (Å²) >= 11 is 0. The van der Waals surface area contributed by atoms with E-state index in [2.05, 4.69) is 45.0 Å². The van der Waals surface area contributed by atoms with Crippen molar-refractivity contribution in [3.05, 3.63) is 59.0 Å². The van der Waals surface area contributed by atoms with E-state index in [1.54, 1.807) is 25.3 Å². The average Bonchev–Trinajstić information content (AvgIpc) is 3.37. The van der Waals surface area contributed by atoms with E-state index in [0.717, 1.165) is 73.6 Å². The molecular weight excluding hydrogens is 482 g/mol. The smallest absolute Gasteiger partial charge is 0.318 e. The normalized spacial score (nSPS) is 17.1. The summed E-state index contributed by atoms with van der Waals surface area (Å²) in [5.41, 5.74) is 4.08. The molecule has 1 aromatic heterocycles. The molecule has 2 N–H and O–H groups in total. The van der Waals surface area contributed by atoms with Crippen LogP contribution in [0.25, 0.3) is 17.0 Å². The first kappa shape index (κ1) is 25.8. The quantitative estimate of drug-likeness (QED) is 0.462. The number of aryl methyl sites for hydroxylation is 1. The number of ketones is 1. The molecule has 0 spiro atoms. The van der Waals surface area contributed by atoms with E-state index in [4.69, 9.17) is 9.47 Å². The minimum Gasteiger partial charge on any atom is -0.497 e. The van der Waals surface area contributed by atoms with Crippen LogP contribution in [0.1, 0.15) is 28.0 Å². The van der Waals surface area contributed by atoms with Gasteiger partial charge in [0.05, 0.1) is 12.7 Å². The second-order valence-electron chi connectivity index (χ2n) is 9.89. The standard InChI is InChI=1S/C29H35N5O4/c1-19-22(18-27-28(35)24-16-20(31-29(36)30-2)6-9-26(24)38-27)23-17-21(37-4)7-8-25(23)34(19)11-5-10-33-14-12-32(3)13-15-33/h6-9,16-18H,5,10-15H2,1-4H3,(H2,30,31,36)/b27-18-.